The molecule has 1 aromatic heterocycles. The molecule has 1 aromatic rings. The molecule has 0 spiro atoms. The van der Waals surface area contributed by atoms with Crippen LogP contribution in [-0.2, 0) is 0 Å². The summed E-state index contributed by atoms with van der Waals surface area (Å²) >= 11 is 0. The lowest BCUT2D eigenvalue weighted by Gasteiger charge is -2.35. The lowest BCUT2D eigenvalue weighted by molar-refractivity contribution is -0.385. The van der Waals surface area contributed by atoms with Crippen LogP contribution in [0.5, 0.6) is 0 Å². The van der Waals surface area contributed by atoms with Gasteiger partial charge in [0.25, 0.3) is 5.69 Å². The highest BCUT2D eigenvalue weighted by atomic mass is 16.6. The number of hydrogen-bond acceptors (Lipinski definition) is 5. The van der Waals surface area contributed by atoms with Gasteiger partial charge in [0.05, 0.1) is 4.92 Å². The summed E-state index contributed by atoms with van der Waals surface area (Å²) in [6, 6.07) is 4.33. The van der Waals surface area contributed by atoms with E-state index in [4.69, 9.17) is 0 Å². The first-order chi connectivity index (χ1) is 9.11. The molecule has 0 amide bonds. The molecule has 1 aliphatic carbocycles. The minimum atomic E-state index is -0.422. The number of nitro groups is 1. The highest BCUT2D eigenvalue weighted by Crippen LogP contribution is 2.25. The van der Waals surface area contributed by atoms with Gasteiger partial charge in [0.15, 0.2) is 0 Å². The third-order valence-electron chi connectivity index (χ3n) is 3.96. The average molecular weight is 264 g/mol. The third kappa shape index (κ3) is 3.20. The maximum Gasteiger partial charge on any atom is 0.287 e. The van der Waals surface area contributed by atoms with Crippen molar-refractivity contribution in [1.29, 1.82) is 0 Å². The fourth-order valence-electron chi connectivity index (χ4n) is 2.63. The van der Waals surface area contributed by atoms with Crippen LogP contribution < -0.4 is 10.2 Å². The Morgan fingerprint density at radius 2 is 2.05 bits per heavy atom. The predicted molar refractivity (Wildman–Crippen MR) is 74.4 cm³/mol. The standard InChI is InChI=1S/C13H20N4O2/c1-14-10-3-5-11(6-4-10)16(2)13-8-7-12(9-15-13)17(18)19/h7-11,14H,3-6H2,1-2H3. The quantitative estimate of drug-likeness (QED) is 0.665. The van der Waals surface area contributed by atoms with E-state index in [0.29, 0.717) is 12.1 Å². The summed E-state index contributed by atoms with van der Waals surface area (Å²) < 4.78 is 0. The van der Waals surface area contributed by atoms with Crippen molar-refractivity contribution in [3.05, 3.63) is 28.4 Å². The van der Waals surface area contributed by atoms with Gasteiger partial charge >= 0.3 is 0 Å². The Labute approximate surface area is 113 Å². The van der Waals surface area contributed by atoms with Crippen LogP contribution in [0.1, 0.15) is 25.7 Å². The molecule has 6 nitrogen and oxygen atoms in total. The fourth-order valence-corrected chi connectivity index (χ4v) is 2.63. The van der Waals surface area contributed by atoms with E-state index in [9.17, 15) is 10.1 Å². The van der Waals surface area contributed by atoms with Crippen LogP contribution in [-0.4, -0.2) is 36.1 Å². The molecule has 0 bridgehead atoms. The first-order valence-electron chi connectivity index (χ1n) is 6.62. The summed E-state index contributed by atoms with van der Waals surface area (Å²) in [6.07, 6.45) is 5.91. The molecule has 0 saturated heterocycles. The van der Waals surface area contributed by atoms with Crippen molar-refractivity contribution < 1.29 is 4.92 Å². The number of rotatable bonds is 4. The molecule has 104 valence electrons. The Kier molecular flexibility index (Phi) is 4.31. The van der Waals surface area contributed by atoms with Crippen LogP contribution in [0.2, 0.25) is 0 Å². The predicted octanol–water partition coefficient (Wildman–Crippen LogP) is 1.96. The van der Waals surface area contributed by atoms with Gasteiger partial charge in [-0.05, 0) is 38.8 Å². The Morgan fingerprint density at radius 1 is 1.37 bits per heavy atom. The molecule has 0 aromatic carbocycles. The van der Waals surface area contributed by atoms with E-state index >= 15 is 0 Å². The molecule has 6 heteroatoms. The summed E-state index contributed by atoms with van der Waals surface area (Å²) in [4.78, 5) is 16.5. The smallest absolute Gasteiger partial charge is 0.287 e. The maximum atomic E-state index is 10.6. The van der Waals surface area contributed by atoms with Crippen molar-refractivity contribution in [2.45, 2.75) is 37.8 Å². The molecule has 1 saturated carbocycles. The summed E-state index contributed by atoms with van der Waals surface area (Å²) in [5.41, 5.74) is 0.0380. The lowest BCUT2D eigenvalue weighted by Crippen LogP contribution is -2.40. The molecule has 1 N–H and O–H groups in total. The zero-order chi connectivity index (χ0) is 13.8. The van der Waals surface area contributed by atoms with Crippen LogP contribution in [0.15, 0.2) is 18.3 Å². The zero-order valence-electron chi connectivity index (χ0n) is 11.4. The molecular weight excluding hydrogens is 244 g/mol. The second-order valence-electron chi connectivity index (χ2n) is 5.04. The van der Waals surface area contributed by atoms with Gasteiger partial charge in [-0.15, -0.1) is 0 Å². The summed E-state index contributed by atoms with van der Waals surface area (Å²) in [5.74, 6) is 0.804. The van der Waals surface area contributed by atoms with Crippen molar-refractivity contribution in [3.63, 3.8) is 0 Å². The molecule has 0 unspecified atom stereocenters. The van der Waals surface area contributed by atoms with E-state index in [0.717, 1.165) is 18.7 Å². The molecule has 0 aliphatic heterocycles. The third-order valence-corrected chi connectivity index (χ3v) is 3.96. The first-order valence-corrected chi connectivity index (χ1v) is 6.62. The van der Waals surface area contributed by atoms with E-state index in [1.807, 2.05) is 14.1 Å². The second-order valence-corrected chi connectivity index (χ2v) is 5.04. The summed E-state index contributed by atoms with van der Waals surface area (Å²) in [6.45, 7) is 0. The minimum Gasteiger partial charge on any atom is -0.357 e. The molecule has 1 heterocycles. The molecule has 0 radical (unpaired) electrons. The highest BCUT2D eigenvalue weighted by molar-refractivity contribution is 5.43. The Hall–Kier alpha value is -1.69. The van der Waals surface area contributed by atoms with Crippen molar-refractivity contribution in [3.8, 4) is 0 Å². The Bertz CT molecular complexity index is 427. The molecule has 2 rings (SSSR count). The zero-order valence-corrected chi connectivity index (χ0v) is 11.4. The second kappa shape index (κ2) is 5.97. The van der Waals surface area contributed by atoms with Gasteiger partial charge < -0.3 is 10.2 Å². The number of nitrogens with one attached hydrogen (secondary N) is 1. The number of hydrogen-bond donors (Lipinski definition) is 1. The fraction of sp³-hybridized carbons (Fsp3) is 0.615. The Morgan fingerprint density at radius 3 is 2.53 bits per heavy atom. The van der Waals surface area contributed by atoms with Gasteiger partial charge in [-0.1, -0.05) is 0 Å². The van der Waals surface area contributed by atoms with Gasteiger partial charge in [-0.25, -0.2) is 4.98 Å². The topological polar surface area (TPSA) is 71.3 Å². The SMILES string of the molecule is CNC1CCC(N(C)c2ccc([N+](=O)[O-])cn2)CC1. The van der Waals surface area contributed by atoms with Gasteiger partial charge in [0.1, 0.15) is 12.0 Å². The summed E-state index contributed by atoms with van der Waals surface area (Å²) in [7, 11) is 4.02. The molecular formula is C13H20N4O2. The Balaban J connectivity index is 1.99. The normalized spacial score (nSPS) is 23.1. The van der Waals surface area contributed by atoms with Gasteiger partial charge in [0.2, 0.25) is 0 Å². The molecule has 1 aliphatic rings. The van der Waals surface area contributed by atoms with Crippen LogP contribution >= 0.6 is 0 Å². The van der Waals surface area contributed by atoms with Crippen molar-refractivity contribution >= 4 is 11.5 Å². The van der Waals surface area contributed by atoms with Crippen LogP contribution in [0, 0.1) is 10.1 Å². The molecule has 1 fully saturated rings. The number of aromatic nitrogens is 1. The van der Waals surface area contributed by atoms with Crippen molar-refractivity contribution in [2.75, 3.05) is 19.0 Å². The molecule has 19 heavy (non-hydrogen) atoms. The maximum absolute atomic E-state index is 10.6. The van der Waals surface area contributed by atoms with Gasteiger partial charge in [0, 0.05) is 25.2 Å². The lowest BCUT2D eigenvalue weighted by atomic mass is 9.90. The number of anilines is 1. The van der Waals surface area contributed by atoms with Crippen molar-refractivity contribution in [1.82, 2.24) is 10.3 Å². The summed E-state index contributed by atoms with van der Waals surface area (Å²) in [5, 5.41) is 13.9. The minimum absolute atomic E-state index is 0.0380. The van der Waals surface area contributed by atoms with E-state index in [-0.39, 0.29) is 5.69 Å². The van der Waals surface area contributed by atoms with E-state index in [1.165, 1.54) is 25.1 Å². The average Bonchev–Trinajstić information content (AvgIpc) is 2.46. The van der Waals surface area contributed by atoms with Crippen LogP contribution in [0.4, 0.5) is 11.5 Å². The van der Waals surface area contributed by atoms with E-state index < -0.39 is 4.92 Å². The largest absolute Gasteiger partial charge is 0.357 e. The monoisotopic (exact) mass is 264 g/mol. The number of nitrogens with zero attached hydrogens (tertiary/aromatic N) is 3. The first kappa shape index (κ1) is 13.7. The highest BCUT2D eigenvalue weighted by Gasteiger charge is 2.24. The van der Waals surface area contributed by atoms with Gasteiger partial charge in [-0.3, -0.25) is 10.1 Å². The molecule has 0 atom stereocenters. The number of pyridine rings is 1. The van der Waals surface area contributed by atoms with Crippen molar-refractivity contribution in [2.24, 2.45) is 0 Å². The van der Waals surface area contributed by atoms with E-state index in [2.05, 4.69) is 15.2 Å². The van der Waals surface area contributed by atoms with E-state index in [1.54, 1.807) is 6.07 Å². The van der Waals surface area contributed by atoms with Crippen LogP contribution in [0.3, 0.4) is 0 Å². The van der Waals surface area contributed by atoms with Crippen LogP contribution in [0.25, 0.3) is 0 Å². The van der Waals surface area contributed by atoms with Gasteiger partial charge in [-0.2, -0.15) is 0 Å².